The molecular weight excluding hydrogens is 298 g/mol. The maximum absolute atomic E-state index is 9.08. The van der Waals surface area contributed by atoms with E-state index in [4.69, 9.17) is 16.9 Å². The Kier molecular flexibility index (Phi) is 3.27. The van der Waals surface area contributed by atoms with E-state index in [-0.39, 0.29) is 0 Å². The van der Waals surface area contributed by atoms with Crippen molar-refractivity contribution >= 4 is 17.4 Å². The quantitative estimate of drug-likeness (QED) is 0.854. The Morgan fingerprint density at radius 3 is 2.64 bits per heavy atom. The molecule has 0 N–H and O–H groups in total. The molecule has 6 heteroatoms. The predicted molar refractivity (Wildman–Crippen MR) is 83.7 cm³/mol. The molecule has 22 heavy (non-hydrogen) atoms. The molecular formula is C16H16ClN5. The van der Waals surface area contributed by atoms with E-state index in [1.807, 2.05) is 16.9 Å². The average Bonchev–Trinajstić information content (AvgIpc) is 3.08. The van der Waals surface area contributed by atoms with Gasteiger partial charge in [-0.2, -0.15) is 10.4 Å². The summed E-state index contributed by atoms with van der Waals surface area (Å²) in [5.74, 6) is 0.934. The first-order chi connectivity index (χ1) is 10.7. The molecule has 2 aromatic heterocycles. The van der Waals surface area contributed by atoms with Gasteiger partial charge in [0, 0.05) is 24.5 Å². The number of pyridine rings is 1. The fourth-order valence-corrected chi connectivity index (χ4v) is 4.03. The van der Waals surface area contributed by atoms with Crippen LogP contribution in [0, 0.1) is 11.3 Å². The van der Waals surface area contributed by atoms with E-state index in [9.17, 15) is 0 Å². The fraction of sp³-hybridized carbons (Fsp3) is 0.438. The maximum Gasteiger partial charge on any atom is 0.130 e. The molecule has 0 aromatic carbocycles. The molecule has 2 bridgehead atoms. The van der Waals surface area contributed by atoms with E-state index >= 15 is 0 Å². The Hall–Kier alpha value is -2.06. The van der Waals surface area contributed by atoms with E-state index in [1.165, 1.54) is 12.8 Å². The molecule has 4 heterocycles. The highest BCUT2D eigenvalue weighted by Gasteiger charge is 2.42. The van der Waals surface area contributed by atoms with Crippen molar-refractivity contribution in [2.24, 2.45) is 0 Å². The van der Waals surface area contributed by atoms with Gasteiger partial charge in [0.1, 0.15) is 5.82 Å². The second kappa shape index (κ2) is 5.29. The van der Waals surface area contributed by atoms with Crippen molar-refractivity contribution in [1.82, 2.24) is 14.8 Å². The first-order valence-corrected chi connectivity index (χ1v) is 7.96. The molecule has 2 aliphatic heterocycles. The number of nitrogens with zero attached hydrogens (tertiary/aromatic N) is 5. The highest BCUT2D eigenvalue weighted by molar-refractivity contribution is 6.30. The Morgan fingerprint density at radius 1 is 1.23 bits per heavy atom. The van der Waals surface area contributed by atoms with E-state index in [2.05, 4.69) is 21.1 Å². The van der Waals surface area contributed by atoms with Gasteiger partial charge in [0.15, 0.2) is 0 Å². The summed E-state index contributed by atoms with van der Waals surface area (Å²) in [6.07, 6.45) is 9.79. The highest BCUT2D eigenvalue weighted by Crippen LogP contribution is 2.42. The molecule has 0 radical (unpaired) electrons. The number of halogens is 1. The van der Waals surface area contributed by atoms with Crippen LogP contribution in [0.3, 0.4) is 0 Å². The SMILES string of the molecule is N#Cc1ccnc(N2C3CCC2CC(n2cc(Cl)cn2)C3)c1. The summed E-state index contributed by atoms with van der Waals surface area (Å²) in [6.45, 7) is 0. The lowest BCUT2D eigenvalue weighted by Gasteiger charge is -2.39. The van der Waals surface area contributed by atoms with Crippen LogP contribution in [0.4, 0.5) is 5.82 Å². The number of nitriles is 1. The van der Waals surface area contributed by atoms with Gasteiger partial charge >= 0.3 is 0 Å². The van der Waals surface area contributed by atoms with Gasteiger partial charge in [0.2, 0.25) is 0 Å². The standard InChI is InChI=1S/C16H16ClN5/c17-12-9-20-21(10-12)15-6-13-1-2-14(7-15)22(13)16-5-11(8-18)3-4-19-16/h3-5,9-10,13-15H,1-2,6-7H2. The van der Waals surface area contributed by atoms with Gasteiger partial charge in [0.05, 0.1) is 28.9 Å². The molecule has 2 atom stereocenters. The van der Waals surface area contributed by atoms with Gasteiger partial charge in [-0.25, -0.2) is 4.98 Å². The monoisotopic (exact) mass is 313 g/mol. The minimum Gasteiger partial charge on any atom is -0.350 e. The summed E-state index contributed by atoms with van der Waals surface area (Å²) in [5.41, 5.74) is 0.672. The number of hydrogen-bond donors (Lipinski definition) is 0. The lowest BCUT2D eigenvalue weighted by molar-refractivity contribution is 0.313. The number of hydrogen-bond acceptors (Lipinski definition) is 4. The summed E-state index contributed by atoms with van der Waals surface area (Å²) in [5, 5.41) is 14.1. The van der Waals surface area contributed by atoms with Crippen LogP contribution in [0.25, 0.3) is 0 Å². The average molecular weight is 314 g/mol. The van der Waals surface area contributed by atoms with Gasteiger partial charge in [-0.15, -0.1) is 0 Å². The maximum atomic E-state index is 9.08. The van der Waals surface area contributed by atoms with Crippen molar-refractivity contribution in [3.05, 3.63) is 41.3 Å². The van der Waals surface area contributed by atoms with Gasteiger partial charge in [-0.3, -0.25) is 4.68 Å². The fourth-order valence-electron chi connectivity index (χ4n) is 3.88. The topological polar surface area (TPSA) is 57.7 Å². The van der Waals surface area contributed by atoms with Gasteiger partial charge in [0.25, 0.3) is 0 Å². The Labute approximate surface area is 134 Å². The number of aromatic nitrogens is 3. The Balaban J connectivity index is 1.59. The summed E-state index contributed by atoms with van der Waals surface area (Å²) in [4.78, 5) is 6.89. The first kappa shape index (κ1) is 13.6. The summed E-state index contributed by atoms with van der Waals surface area (Å²) in [7, 11) is 0. The van der Waals surface area contributed by atoms with Crippen LogP contribution < -0.4 is 4.90 Å². The second-order valence-electron chi connectivity index (χ2n) is 6.07. The zero-order chi connectivity index (χ0) is 15.1. The molecule has 2 aliphatic rings. The van der Waals surface area contributed by atoms with E-state index in [1.54, 1.807) is 18.5 Å². The van der Waals surface area contributed by atoms with Crippen molar-refractivity contribution < 1.29 is 0 Å². The van der Waals surface area contributed by atoms with Crippen LogP contribution in [0.5, 0.6) is 0 Å². The van der Waals surface area contributed by atoms with Gasteiger partial charge in [-0.05, 0) is 37.8 Å². The molecule has 2 unspecified atom stereocenters. The summed E-state index contributed by atoms with van der Waals surface area (Å²) in [6, 6.07) is 7.19. The lowest BCUT2D eigenvalue weighted by atomic mass is 9.97. The van der Waals surface area contributed by atoms with Crippen molar-refractivity contribution in [2.75, 3.05) is 4.90 Å². The zero-order valence-electron chi connectivity index (χ0n) is 12.1. The zero-order valence-corrected chi connectivity index (χ0v) is 12.8. The van der Waals surface area contributed by atoms with E-state index in [0.717, 1.165) is 18.7 Å². The second-order valence-corrected chi connectivity index (χ2v) is 6.51. The molecule has 2 saturated heterocycles. The number of piperidine rings is 1. The molecule has 112 valence electrons. The molecule has 5 nitrogen and oxygen atoms in total. The predicted octanol–water partition coefficient (Wildman–Crippen LogP) is 3.18. The van der Waals surface area contributed by atoms with Crippen LogP contribution in [0.15, 0.2) is 30.7 Å². The Bertz CT molecular complexity index is 720. The van der Waals surface area contributed by atoms with Crippen molar-refractivity contribution in [3.8, 4) is 6.07 Å². The number of anilines is 1. The van der Waals surface area contributed by atoms with Gasteiger partial charge in [-0.1, -0.05) is 11.6 Å². The molecule has 0 saturated carbocycles. The summed E-state index contributed by atoms with van der Waals surface area (Å²) < 4.78 is 2.00. The van der Waals surface area contributed by atoms with Crippen LogP contribution in [0.2, 0.25) is 5.02 Å². The summed E-state index contributed by atoms with van der Waals surface area (Å²) >= 11 is 5.99. The van der Waals surface area contributed by atoms with Crippen LogP contribution in [-0.2, 0) is 0 Å². The third-order valence-corrected chi connectivity index (χ3v) is 4.99. The molecule has 2 fully saturated rings. The smallest absolute Gasteiger partial charge is 0.130 e. The molecule has 0 amide bonds. The molecule has 0 spiro atoms. The molecule has 0 aliphatic carbocycles. The molecule has 4 rings (SSSR count). The van der Waals surface area contributed by atoms with Crippen molar-refractivity contribution in [2.45, 2.75) is 43.8 Å². The highest BCUT2D eigenvalue weighted by atomic mass is 35.5. The Morgan fingerprint density at radius 2 is 2.00 bits per heavy atom. The largest absolute Gasteiger partial charge is 0.350 e. The normalized spacial score (nSPS) is 26.9. The first-order valence-electron chi connectivity index (χ1n) is 7.59. The van der Waals surface area contributed by atoms with Crippen molar-refractivity contribution in [3.63, 3.8) is 0 Å². The minimum absolute atomic E-state index is 0.403. The van der Waals surface area contributed by atoms with E-state index < -0.39 is 0 Å². The molecule has 2 aromatic rings. The van der Waals surface area contributed by atoms with Crippen LogP contribution in [0.1, 0.15) is 37.3 Å². The van der Waals surface area contributed by atoms with Crippen LogP contribution in [-0.4, -0.2) is 26.8 Å². The van der Waals surface area contributed by atoms with E-state index in [0.29, 0.717) is 28.7 Å². The lowest BCUT2D eigenvalue weighted by Crippen LogP contribution is -2.44. The third-order valence-electron chi connectivity index (χ3n) is 4.79. The minimum atomic E-state index is 0.403. The van der Waals surface area contributed by atoms with Crippen LogP contribution >= 0.6 is 11.6 Å². The number of rotatable bonds is 2. The van der Waals surface area contributed by atoms with Crippen molar-refractivity contribution in [1.29, 1.82) is 5.26 Å². The third kappa shape index (κ3) is 2.24. The van der Waals surface area contributed by atoms with Gasteiger partial charge < -0.3 is 4.90 Å². The number of fused-ring (bicyclic) bond motifs is 2.